The van der Waals surface area contributed by atoms with Gasteiger partial charge in [0.2, 0.25) is 0 Å². The normalized spacial score (nSPS) is 11.2. The number of furan rings is 1. The summed E-state index contributed by atoms with van der Waals surface area (Å²) in [4.78, 5) is 23.7. The third-order valence-corrected chi connectivity index (χ3v) is 4.57. The van der Waals surface area contributed by atoms with Crippen molar-refractivity contribution in [1.82, 2.24) is 4.68 Å². The number of carboxylic acids is 1. The van der Waals surface area contributed by atoms with Gasteiger partial charge in [-0.2, -0.15) is 5.26 Å². The lowest BCUT2D eigenvalue weighted by atomic mass is 10.1. The molecule has 2 heterocycles. The van der Waals surface area contributed by atoms with Gasteiger partial charge in [0.15, 0.2) is 0 Å². The first-order chi connectivity index (χ1) is 13.8. The third-order valence-electron chi connectivity index (χ3n) is 4.24. The predicted octanol–water partition coefficient (Wildman–Crippen LogP) is 4.39. The third kappa shape index (κ3) is 4.23. The molecule has 0 radical (unpaired) electrons. The molecule has 146 valence electrons. The Morgan fingerprint density at radius 1 is 1.17 bits per heavy atom. The maximum absolute atomic E-state index is 12.4. The van der Waals surface area contributed by atoms with Crippen LogP contribution in [0, 0.1) is 25.2 Å². The number of carbonyl (C=O) groups excluding carboxylic acids is 1. The number of rotatable bonds is 5. The van der Waals surface area contributed by atoms with Crippen molar-refractivity contribution < 1.29 is 19.1 Å². The summed E-state index contributed by atoms with van der Waals surface area (Å²) in [5, 5.41) is 18.7. The minimum absolute atomic E-state index is 0.0489. The van der Waals surface area contributed by atoms with Crippen molar-refractivity contribution in [3.63, 3.8) is 0 Å². The van der Waals surface area contributed by atoms with Gasteiger partial charge in [0.25, 0.3) is 5.91 Å². The molecule has 1 aromatic carbocycles. The Morgan fingerprint density at radius 2 is 1.86 bits per heavy atom. The van der Waals surface area contributed by atoms with E-state index >= 15 is 0 Å². The Morgan fingerprint density at radius 3 is 2.48 bits per heavy atom. The topological polar surface area (TPSA) is 108 Å². The van der Waals surface area contributed by atoms with Gasteiger partial charge in [-0.1, -0.05) is 11.6 Å². The van der Waals surface area contributed by atoms with Crippen molar-refractivity contribution in [2.75, 3.05) is 5.43 Å². The van der Waals surface area contributed by atoms with E-state index in [9.17, 15) is 20.0 Å². The van der Waals surface area contributed by atoms with E-state index in [1.165, 1.54) is 18.2 Å². The lowest BCUT2D eigenvalue weighted by Gasteiger charge is -2.10. The van der Waals surface area contributed by atoms with E-state index in [1.54, 1.807) is 22.9 Å². The number of nitriles is 1. The van der Waals surface area contributed by atoms with Crippen molar-refractivity contribution in [1.29, 1.82) is 5.26 Å². The Labute approximate surface area is 171 Å². The molecular weight excluding hydrogens is 394 g/mol. The number of carboxylic acid groups (broad SMARTS) is 1. The highest BCUT2D eigenvalue weighted by atomic mass is 35.5. The van der Waals surface area contributed by atoms with Gasteiger partial charge in [0, 0.05) is 23.0 Å². The van der Waals surface area contributed by atoms with Gasteiger partial charge in [-0.05, 0) is 56.3 Å². The molecule has 0 aliphatic carbocycles. The number of halogens is 1. The predicted molar refractivity (Wildman–Crippen MR) is 108 cm³/mol. The summed E-state index contributed by atoms with van der Waals surface area (Å²) in [6.45, 7) is 3.67. The molecule has 3 rings (SSSR count). The minimum Gasteiger partial charge on any atom is -0.478 e. The molecule has 29 heavy (non-hydrogen) atoms. The standard InChI is InChI=1S/C21H16ClN3O4/c1-12-3-4-13(2)25(12)24-20(26)15(11-23)9-16-6-8-19(29-16)14-5-7-18(22)17(10-14)21(27)28/h3-10H,1-2H3,(H,24,26)(H,27,28)/b15-9-. The summed E-state index contributed by atoms with van der Waals surface area (Å²) >= 11 is 5.88. The summed E-state index contributed by atoms with van der Waals surface area (Å²) in [6, 6.07) is 13.2. The number of nitrogens with one attached hydrogen (secondary N) is 1. The van der Waals surface area contributed by atoms with Crippen LogP contribution in [-0.4, -0.2) is 21.7 Å². The Balaban J connectivity index is 1.86. The van der Waals surface area contributed by atoms with E-state index in [2.05, 4.69) is 5.43 Å². The molecular formula is C21H16ClN3O4. The summed E-state index contributed by atoms with van der Waals surface area (Å²) in [7, 11) is 0. The minimum atomic E-state index is -1.15. The monoisotopic (exact) mass is 409 g/mol. The molecule has 0 aliphatic rings. The van der Waals surface area contributed by atoms with E-state index in [1.807, 2.05) is 32.0 Å². The molecule has 2 aromatic heterocycles. The fraction of sp³-hybridized carbons (Fsp3) is 0.0952. The molecule has 0 unspecified atom stereocenters. The van der Waals surface area contributed by atoms with E-state index in [4.69, 9.17) is 16.0 Å². The fourth-order valence-corrected chi connectivity index (χ4v) is 2.92. The molecule has 0 saturated heterocycles. The maximum atomic E-state index is 12.4. The van der Waals surface area contributed by atoms with Gasteiger partial charge in [-0.25, -0.2) is 4.79 Å². The smallest absolute Gasteiger partial charge is 0.337 e. The van der Waals surface area contributed by atoms with Crippen LogP contribution in [-0.2, 0) is 4.79 Å². The maximum Gasteiger partial charge on any atom is 0.337 e. The van der Waals surface area contributed by atoms with E-state index in [-0.39, 0.29) is 21.9 Å². The number of aromatic carboxylic acids is 1. The number of carbonyl (C=O) groups is 2. The number of aryl methyl sites for hydroxylation is 2. The van der Waals surface area contributed by atoms with Crippen LogP contribution in [0.4, 0.5) is 0 Å². The van der Waals surface area contributed by atoms with Crippen LogP contribution < -0.4 is 5.43 Å². The highest BCUT2D eigenvalue weighted by Crippen LogP contribution is 2.27. The van der Waals surface area contributed by atoms with Crippen LogP contribution in [0.1, 0.15) is 27.5 Å². The summed E-state index contributed by atoms with van der Waals surface area (Å²) in [5.41, 5.74) is 4.63. The Kier molecular flexibility index (Phi) is 5.57. The highest BCUT2D eigenvalue weighted by Gasteiger charge is 2.15. The second-order valence-corrected chi connectivity index (χ2v) is 6.67. The van der Waals surface area contributed by atoms with E-state index in [0.717, 1.165) is 11.4 Å². The molecule has 0 saturated carbocycles. The number of aromatic nitrogens is 1. The summed E-state index contributed by atoms with van der Waals surface area (Å²) < 4.78 is 7.24. The summed E-state index contributed by atoms with van der Waals surface area (Å²) in [5.74, 6) is -1.07. The average Bonchev–Trinajstić information content (AvgIpc) is 3.28. The molecule has 8 heteroatoms. The molecule has 0 aliphatic heterocycles. The van der Waals surface area contributed by atoms with Gasteiger partial charge in [-0.15, -0.1) is 0 Å². The van der Waals surface area contributed by atoms with Crippen LogP contribution in [0.15, 0.2) is 52.5 Å². The first-order valence-electron chi connectivity index (χ1n) is 8.51. The molecule has 1 amide bonds. The van der Waals surface area contributed by atoms with Gasteiger partial charge >= 0.3 is 5.97 Å². The molecule has 7 nitrogen and oxygen atoms in total. The van der Waals surface area contributed by atoms with Crippen molar-refractivity contribution >= 4 is 29.6 Å². The van der Waals surface area contributed by atoms with Crippen LogP contribution in [0.5, 0.6) is 0 Å². The van der Waals surface area contributed by atoms with E-state index in [0.29, 0.717) is 11.3 Å². The number of amides is 1. The molecule has 3 aromatic rings. The second kappa shape index (κ2) is 8.09. The first kappa shape index (κ1) is 20.0. The van der Waals surface area contributed by atoms with Crippen LogP contribution in [0.2, 0.25) is 5.02 Å². The summed E-state index contributed by atoms with van der Waals surface area (Å²) in [6.07, 6.45) is 1.32. The van der Waals surface area contributed by atoms with Gasteiger partial charge < -0.3 is 9.52 Å². The number of hydrogen-bond acceptors (Lipinski definition) is 4. The van der Waals surface area contributed by atoms with Crippen LogP contribution in [0.3, 0.4) is 0 Å². The number of benzene rings is 1. The molecule has 0 atom stereocenters. The molecule has 0 fully saturated rings. The fourth-order valence-electron chi connectivity index (χ4n) is 2.73. The zero-order chi connectivity index (χ0) is 21.1. The zero-order valence-electron chi connectivity index (χ0n) is 15.6. The van der Waals surface area contributed by atoms with E-state index < -0.39 is 11.9 Å². The lowest BCUT2D eigenvalue weighted by molar-refractivity contribution is -0.113. The average molecular weight is 410 g/mol. The van der Waals surface area contributed by atoms with Crippen molar-refractivity contribution in [2.45, 2.75) is 13.8 Å². The Hall–Kier alpha value is -3.76. The first-order valence-corrected chi connectivity index (χ1v) is 8.89. The van der Waals surface area contributed by atoms with Crippen LogP contribution >= 0.6 is 11.6 Å². The number of nitrogens with zero attached hydrogens (tertiary/aromatic N) is 2. The molecule has 0 spiro atoms. The van der Waals surface area contributed by atoms with Crippen molar-refractivity contribution in [3.8, 4) is 17.4 Å². The largest absolute Gasteiger partial charge is 0.478 e. The van der Waals surface area contributed by atoms with Gasteiger partial charge in [0.1, 0.15) is 23.2 Å². The highest BCUT2D eigenvalue weighted by molar-refractivity contribution is 6.33. The second-order valence-electron chi connectivity index (χ2n) is 6.26. The lowest BCUT2D eigenvalue weighted by Crippen LogP contribution is -2.25. The zero-order valence-corrected chi connectivity index (χ0v) is 16.3. The Bertz CT molecular complexity index is 1160. The number of hydrogen-bond donors (Lipinski definition) is 2. The quantitative estimate of drug-likeness (QED) is 0.479. The van der Waals surface area contributed by atoms with Crippen molar-refractivity contribution in [2.24, 2.45) is 0 Å². The molecule has 2 N–H and O–H groups in total. The molecule has 0 bridgehead atoms. The van der Waals surface area contributed by atoms with Crippen molar-refractivity contribution in [3.05, 3.63) is 75.8 Å². The SMILES string of the molecule is Cc1ccc(C)n1NC(=O)/C(C#N)=C\c1ccc(-c2ccc(Cl)c(C(=O)O)c2)o1. The van der Waals surface area contributed by atoms with Gasteiger partial charge in [0.05, 0.1) is 10.6 Å². The van der Waals surface area contributed by atoms with Gasteiger partial charge in [-0.3, -0.25) is 14.9 Å². The van der Waals surface area contributed by atoms with Crippen LogP contribution in [0.25, 0.3) is 17.4 Å².